The second-order valence-corrected chi connectivity index (χ2v) is 6.49. The molecule has 0 bridgehead atoms. The Hall–Kier alpha value is -3.02. The van der Waals surface area contributed by atoms with Crippen molar-refractivity contribution in [1.29, 1.82) is 0 Å². The molecule has 29 heavy (non-hydrogen) atoms. The molecule has 9 N–H and O–H groups in total. The van der Waals surface area contributed by atoms with E-state index in [9.17, 15) is 19.2 Å². The molecule has 11 nitrogen and oxygen atoms in total. The second-order valence-electron chi connectivity index (χ2n) is 6.49. The molecular formula is C18H26N4O7. The number of benzene rings is 1. The van der Waals surface area contributed by atoms with Gasteiger partial charge in [0.1, 0.15) is 30.0 Å². The minimum Gasteiger partial charge on any atom is -0.480 e. The molecule has 0 aliphatic heterocycles. The van der Waals surface area contributed by atoms with Crippen LogP contribution in [0.25, 0.3) is 0 Å². The minimum absolute atomic E-state index is 0.0124. The first-order valence-electron chi connectivity index (χ1n) is 8.80. The van der Waals surface area contributed by atoms with Crippen LogP contribution in [0.3, 0.4) is 0 Å². The maximum Gasteiger partial charge on any atom is 0.332 e. The number of primary amides is 1. The van der Waals surface area contributed by atoms with Crippen molar-refractivity contribution in [3.8, 4) is 5.75 Å². The summed E-state index contributed by atoms with van der Waals surface area (Å²) in [6, 6.07) is 2.67. The Labute approximate surface area is 167 Å². The van der Waals surface area contributed by atoms with Crippen LogP contribution in [0.2, 0.25) is 0 Å². The molecule has 0 saturated carbocycles. The van der Waals surface area contributed by atoms with Gasteiger partial charge >= 0.3 is 17.9 Å². The van der Waals surface area contributed by atoms with Crippen molar-refractivity contribution in [2.24, 2.45) is 22.9 Å². The molecule has 0 spiro atoms. The van der Waals surface area contributed by atoms with Gasteiger partial charge < -0.3 is 37.5 Å². The zero-order valence-electron chi connectivity index (χ0n) is 15.9. The Morgan fingerprint density at radius 1 is 1.00 bits per heavy atom. The Bertz CT molecular complexity index is 738. The van der Waals surface area contributed by atoms with E-state index in [1.165, 1.54) is 19.1 Å². The Kier molecular flexibility index (Phi) is 9.19. The number of esters is 2. The molecule has 0 unspecified atom stereocenters. The highest BCUT2D eigenvalue weighted by Crippen LogP contribution is 2.15. The third kappa shape index (κ3) is 8.25. The average molecular weight is 410 g/mol. The van der Waals surface area contributed by atoms with Crippen LogP contribution in [-0.4, -0.2) is 53.2 Å². The Morgan fingerprint density at radius 3 is 2.10 bits per heavy atom. The number of carbonyl (C=O) groups excluding carboxylic acids is 3. The smallest absolute Gasteiger partial charge is 0.332 e. The molecule has 0 radical (unpaired) electrons. The predicted molar refractivity (Wildman–Crippen MR) is 101 cm³/mol. The molecule has 160 valence electrons. The fourth-order valence-corrected chi connectivity index (χ4v) is 2.17. The van der Waals surface area contributed by atoms with E-state index in [1.807, 2.05) is 0 Å². The molecule has 0 saturated heterocycles. The van der Waals surface area contributed by atoms with Crippen LogP contribution in [0.4, 0.5) is 0 Å². The van der Waals surface area contributed by atoms with E-state index in [0.717, 1.165) is 0 Å². The van der Waals surface area contributed by atoms with Gasteiger partial charge in [0.05, 0.1) is 0 Å². The molecule has 0 aromatic heterocycles. The topological polar surface area (TPSA) is 211 Å². The van der Waals surface area contributed by atoms with Crippen LogP contribution in [0, 0.1) is 0 Å². The number of ether oxygens (including phenoxy) is 2. The molecule has 0 aliphatic carbocycles. The first kappa shape index (κ1) is 24.0. The highest BCUT2D eigenvalue weighted by Gasteiger charge is 2.28. The van der Waals surface area contributed by atoms with Gasteiger partial charge in [-0.25, -0.2) is 4.79 Å². The van der Waals surface area contributed by atoms with Gasteiger partial charge in [-0.2, -0.15) is 0 Å². The summed E-state index contributed by atoms with van der Waals surface area (Å²) < 4.78 is 10.2. The van der Waals surface area contributed by atoms with Gasteiger partial charge in [0.15, 0.2) is 0 Å². The molecule has 1 aromatic carbocycles. The van der Waals surface area contributed by atoms with E-state index in [1.54, 1.807) is 12.1 Å². The van der Waals surface area contributed by atoms with E-state index in [-0.39, 0.29) is 25.0 Å². The summed E-state index contributed by atoms with van der Waals surface area (Å²) in [6.45, 7) is 1.40. The van der Waals surface area contributed by atoms with Crippen molar-refractivity contribution in [2.75, 3.05) is 0 Å². The van der Waals surface area contributed by atoms with Gasteiger partial charge in [0, 0.05) is 6.42 Å². The van der Waals surface area contributed by atoms with Gasteiger partial charge in [0.2, 0.25) is 5.91 Å². The molecule has 1 aromatic rings. The fourth-order valence-electron chi connectivity index (χ4n) is 2.17. The van der Waals surface area contributed by atoms with Crippen LogP contribution >= 0.6 is 0 Å². The maximum atomic E-state index is 12.1. The average Bonchev–Trinajstić information content (AvgIpc) is 2.66. The predicted octanol–water partition coefficient (Wildman–Crippen LogP) is -1.60. The number of nitrogens with two attached hydrogens (primary N) is 4. The lowest BCUT2D eigenvalue weighted by Gasteiger charge is -2.21. The van der Waals surface area contributed by atoms with Gasteiger partial charge in [-0.3, -0.25) is 14.4 Å². The summed E-state index contributed by atoms with van der Waals surface area (Å²) in [5, 5.41) is 8.81. The quantitative estimate of drug-likeness (QED) is 0.208. The number of aliphatic carboxylic acids is 1. The molecule has 4 atom stereocenters. The zero-order valence-corrected chi connectivity index (χ0v) is 15.9. The molecule has 0 aliphatic rings. The molecule has 1 rings (SSSR count). The number of amides is 1. The fraction of sp³-hybridized carbons (Fsp3) is 0.444. The van der Waals surface area contributed by atoms with E-state index in [4.69, 9.17) is 37.5 Å². The lowest BCUT2D eigenvalue weighted by Crippen LogP contribution is -2.47. The van der Waals surface area contributed by atoms with Crippen molar-refractivity contribution in [1.82, 2.24) is 0 Å². The molecule has 0 heterocycles. The highest BCUT2D eigenvalue weighted by atomic mass is 16.6. The van der Waals surface area contributed by atoms with Crippen molar-refractivity contribution in [3.05, 3.63) is 29.8 Å². The Morgan fingerprint density at radius 2 is 1.59 bits per heavy atom. The van der Waals surface area contributed by atoms with Crippen LogP contribution in [0.5, 0.6) is 5.75 Å². The lowest BCUT2D eigenvalue weighted by molar-refractivity contribution is -0.154. The number of hydrogen-bond acceptors (Lipinski definition) is 9. The summed E-state index contributed by atoms with van der Waals surface area (Å²) in [7, 11) is 0. The molecular weight excluding hydrogens is 384 g/mol. The van der Waals surface area contributed by atoms with Crippen molar-refractivity contribution in [3.63, 3.8) is 0 Å². The van der Waals surface area contributed by atoms with Gasteiger partial charge in [-0.05, 0) is 37.5 Å². The molecule has 11 heteroatoms. The zero-order chi connectivity index (χ0) is 22.1. The summed E-state index contributed by atoms with van der Waals surface area (Å²) >= 11 is 0. The maximum absolute atomic E-state index is 12.1. The van der Waals surface area contributed by atoms with E-state index >= 15 is 0 Å². The van der Waals surface area contributed by atoms with Crippen LogP contribution < -0.4 is 27.7 Å². The SMILES string of the molecule is C[C@@H](OC(=O)[C@@H](N)CCC(N)=O)[C@H](N)C(=O)Oc1ccc(C[C@H](N)C(=O)O)cc1. The van der Waals surface area contributed by atoms with Crippen molar-refractivity contribution in [2.45, 2.75) is 50.4 Å². The van der Waals surface area contributed by atoms with Crippen LogP contribution in [0.1, 0.15) is 25.3 Å². The van der Waals surface area contributed by atoms with Gasteiger partial charge in [-0.15, -0.1) is 0 Å². The standard InChI is InChI=1S/C18H26N4O7/c1-9(28-17(26)12(19)6-7-14(21)23)15(22)18(27)29-11-4-2-10(3-5-11)8-13(20)16(24)25/h2-5,9,12-13,15H,6-8,19-20,22H2,1H3,(H2,21,23)(H,24,25)/t9-,12+,13+,15+/m1/s1. The second kappa shape index (κ2) is 11.1. The first-order valence-corrected chi connectivity index (χ1v) is 8.80. The number of carboxylic acids is 1. The van der Waals surface area contributed by atoms with E-state index in [2.05, 4.69) is 0 Å². The number of carbonyl (C=O) groups is 4. The third-order valence-corrected chi connectivity index (χ3v) is 4.00. The van der Waals surface area contributed by atoms with Gasteiger partial charge in [-0.1, -0.05) is 12.1 Å². The first-order chi connectivity index (χ1) is 13.5. The third-order valence-electron chi connectivity index (χ3n) is 4.00. The van der Waals surface area contributed by atoms with Crippen molar-refractivity contribution < 1.29 is 33.8 Å². The van der Waals surface area contributed by atoms with Crippen LogP contribution in [0.15, 0.2) is 24.3 Å². The number of hydrogen-bond donors (Lipinski definition) is 5. The van der Waals surface area contributed by atoms with Crippen LogP contribution in [-0.2, 0) is 30.3 Å². The summed E-state index contributed by atoms with van der Waals surface area (Å²) in [5.74, 6) is -3.20. The monoisotopic (exact) mass is 410 g/mol. The number of rotatable bonds is 11. The normalized spacial score (nSPS) is 14.9. The molecule has 1 amide bonds. The minimum atomic E-state index is -1.28. The Balaban J connectivity index is 2.57. The molecule has 0 fully saturated rings. The summed E-state index contributed by atoms with van der Waals surface area (Å²) in [6.07, 6.45) is -0.973. The van der Waals surface area contributed by atoms with E-state index in [0.29, 0.717) is 5.56 Å². The van der Waals surface area contributed by atoms with E-state index < -0.39 is 48.0 Å². The summed E-state index contributed by atoms with van der Waals surface area (Å²) in [4.78, 5) is 45.5. The van der Waals surface area contributed by atoms with Crippen molar-refractivity contribution >= 4 is 23.8 Å². The number of carboxylic acid groups (broad SMARTS) is 1. The largest absolute Gasteiger partial charge is 0.480 e. The summed E-state index contributed by atoms with van der Waals surface area (Å²) in [5.41, 5.74) is 22.5. The van der Waals surface area contributed by atoms with Gasteiger partial charge in [0.25, 0.3) is 0 Å². The lowest BCUT2D eigenvalue weighted by atomic mass is 10.1. The highest BCUT2D eigenvalue weighted by molar-refractivity contribution is 5.81.